The van der Waals surface area contributed by atoms with Crippen LogP contribution >= 0.6 is 24.0 Å². The summed E-state index contributed by atoms with van der Waals surface area (Å²) in [6.07, 6.45) is 9.63. The van der Waals surface area contributed by atoms with Gasteiger partial charge in [0, 0.05) is 44.6 Å². The normalized spacial score (nSPS) is 15.6. The quantitative estimate of drug-likeness (QED) is 0.340. The molecule has 2 aromatic rings. The summed E-state index contributed by atoms with van der Waals surface area (Å²) in [5.41, 5.74) is 2.64. The molecule has 0 radical (unpaired) electrons. The van der Waals surface area contributed by atoms with Crippen molar-refractivity contribution in [3.63, 3.8) is 0 Å². The van der Waals surface area contributed by atoms with Gasteiger partial charge in [0.05, 0.1) is 6.33 Å². The van der Waals surface area contributed by atoms with Crippen LogP contribution in [-0.4, -0.2) is 52.6 Å². The van der Waals surface area contributed by atoms with Crippen molar-refractivity contribution in [3.8, 4) is 0 Å². The number of aromatic nitrogens is 2. The Morgan fingerprint density at radius 3 is 2.59 bits per heavy atom. The van der Waals surface area contributed by atoms with Gasteiger partial charge in [0.15, 0.2) is 5.96 Å². The van der Waals surface area contributed by atoms with Crippen LogP contribution in [0.15, 0.2) is 48.0 Å². The first-order valence-electron chi connectivity index (χ1n) is 10.3. The largest absolute Gasteiger partial charge is 0.355 e. The SMILES string of the molecule is CN=C(NCc1cccc(Cn2ccnc2)c1)NCC(C)(C)N1CCCCC1.I. The van der Waals surface area contributed by atoms with Gasteiger partial charge in [-0.05, 0) is 50.9 Å². The lowest BCUT2D eigenvalue weighted by molar-refractivity contribution is 0.0982. The molecule has 0 bridgehead atoms. The lowest BCUT2D eigenvalue weighted by Crippen LogP contribution is -2.54. The van der Waals surface area contributed by atoms with E-state index in [1.54, 1.807) is 0 Å². The summed E-state index contributed by atoms with van der Waals surface area (Å²) in [7, 11) is 1.83. The van der Waals surface area contributed by atoms with Crippen molar-refractivity contribution >= 4 is 29.9 Å². The molecular formula is C22H35IN6. The molecule has 0 saturated carbocycles. The second kappa shape index (κ2) is 11.5. The van der Waals surface area contributed by atoms with E-state index in [1.807, 2.05) is 25.8 Å². The van der Waals surface area contributed by atoms with E-state index in [1.165, 1.54) is 43.5 Å². The van der Waals surface area contributed by atoms with Gasteiger partial charge in [-0.2, -0.15) is 0 Å². The molecular weight excluding hydrogens is 475 g/mol. The number of nitrogens with one attached hydrogen (secondary N) is 2. The molecule has 2 heterocycles. The number of rotatable bonds is 7. The molecule has 1 aliphatic rings. The Balaban J connectivity index is 0.00000300. The van der Waals surface area contributed by atoms with Gasteiger partial charge in [0.1, 0.15) is 0 Å². The highest BCUT2D eigenvalue weighted by Crippen LogP contribution is 2.19. The second-order valence-corrected chi connectivity index (χ2v) is 8.19. The number of benzene rings is 1. The van der Waals surface area contributed by atoms with Crippen molar-refractivity contribution in [1.82, 2.24) is 25.1 Å². The zero-order valence-electron chi connectivity index (χ0n) is 17.9. The molecule has 0 spiro atoms. The maximum Gasteiger partial charge on any atom is 0.191 e. The number of halogens is 1. The predicted octanol–water partition coefficient (Wildman–Crippen LogP) is 3.48. The van der Waals surface area contributed by atoms with E-state index in [0.717, 1.165) is 25.6 Å². The van der Waals surface area contributed by atoms with Crippen LogP contribution in [0.5, 0.6) is 0 Å². The summed E-state index contributed by atoms with van der Waals surface area (Å²) in [5, 5.41) is 6.96. The van der Waals surface area contributed by atoms with Crippen LogP contribution in [0.4, 0.5) is 0 Å². The van der Waals surface area contributed by atoms with Gasteiger partial charge < -0.3 is 15.2 Å². The van der Waals surface area contributed by atoms with Crippen molar-refractivity contribution in [2.24, 2.45) is 4.99 Å². The molecule has 2 N–H and O–H groups in total. The lowest BCUT2D eigenvalue weighted by Gasteiger charge is -2.41. The maximum absolute atomic E-state index is 4.40. The number of guanidine groups is 1. The number of hydrogen-bond donors (Lipinski definition) is 2. The zero-order valence-corrected chi connectivity index (χ0v) is 20.2. The Morgan fingerprint density at radius 2 is 1.90 bits per heavy atom. The predicted molar refractivity (Wildman–Crippen MR) is 131 cm³/mol. The fraction of sp³-hybridized carbons (Fsp3) is 0.545. The van der Waals surface area contributed by atoms with Gasteiger partial charge in [-0.15, -0.1) is 24.0 Å². The van der Waals surface area contributed by atoms with Gasteiger partial charge in [-0.25, -0.2) is 4.98 Å². The van der Waals surface area contributed by atoms with Crippen LogP contribution in [0.3, 0.4) is 0 Å². The third-order valence-electron chi connectivity index (χ3n) is 5.50. The number of hydrogen-bond acceptors (Lipinski definition) is 3. The Morgan fingerprint density at radius 1 is 1.14 bits per heavy atom. The van der Waals surface area contributed by atoms with Crippen molar-refractivity contribution < 1.29 is 0 Å². The van der Waals surface area contributed by atoms with Gasteiger partial charge in [0.2, 0.25) is 0 Å². The lowest BCUT2D eigenvalue weighted by atomic mass is 9.98. The van der Waals surface area contributed by atoms with Gasteiger partial charge >= 0.3 is 0 Å². The average molecular weight is 510 g/mol. The number of aliphatic imine (C=N–C) groups is 1. The minimum Gasteiger partial charge on any atom is -0.355 e. The molecule has 1 aromatic heterocycles. The molecule has 1 aromatic carbocycles. The van der Waals surface area contributed by atoms with E-state index in [4.69, 9.17) is 0 Å². The fourth-order valence-electron chi connectivity index (χ4n) is 3.75. The van der Waals surface area contributed by atoms with Crippen LogP contribution < -0.4 is 10.6 Å². The van der Waals surface area contributed by atoms with Crippen LogP contribution in [0.1, 0.15) is 44.2 Å². The third-order valence-corrected chi connectivity index (χ3v) is 5.50. The van der Waals surface area contributed by atoms with E-state index in [-0.39, 0.29) is 29.5 Å². The summed E-state index contributed by atoms with van der Waals surface area (Å²) >= 11 is 0. The molecule has 1 saturated heterocycles. The second-order valence-electron chi connectivity index (χ2n) is 8.19. The minimum atomic E-state index is 0. The van der Waals surface area contributed by atoms with E-state index in [2.05, 4.69) is 68.2 Å². The molecule has 0 amide bonds. The Hall–Kier alpha value is -1.61. The molecule has 0 unspecified atom stereocenters. The third kappa shape index (κ3) is 7.29. The first kappa shape index (κ1) is 23.7. The molecule has 6 nitrogen and oxygen atoms in total. The first-order chi connectivity index (χ1) is 13.6. The maximum atomic E-state index is 4.40. The number of piperidine rings is 1. The summed E-state index contributed by atoms with van der Waals surface area (Å²) in [4.78, 5) is 11.1. The van der Waals surface area contributed by atoms with Crippen LogP contribution in [0.2, 0.25) is 0 Å². The van der Waals surface area contributed by atoms with Crippen molar-refractivity contribution in [2.75, 3.05) is 26.7 Å². The average Bonchev–Trinajstić information content (AvgIpc) is 3.22. The smallest absolute Gasteiger partial charge is 0.191 e. The van der Waals surface area contributed by atoms with Crippen LogP contribution in [0, 0.1) is 0 Å². The summed E-state index contributed by atoms with van der Waals surface area (Å²) in [6.45, 7) is 9.50. The molecule has 3 rings (SSSR count). The number of imidazole rings is 1. The highest BCUT2D eigenvalue weighted by Gasteiger charge is 2.27. The monoisotopic (exact) mass is 510 g/mol. The highest BCUT2D eigenvalue weighted by molar-refractivity contribution is 14.0. The molecule has 1 fully saturated rings. The molecule has 7 heteroatoms. The highest BCUT2D eigenvalue weighted by atomic mass is 127. The zero-order chi connectivity index (χ0) is 19.8. The van der Waals surface area contributed by atoms with E-state index < -0.39 is 0 Å². The van der Waals surface area contributed by atoms with Crippen LogP contribution in [-0.2, 0) is 13.1 Å². The summed E-state index contributed by atoms with van der Waals surface area (Å²) in [6, 6.07) is 8.64. The number of likely N-dealkylation sites (tertiary alicyclic amines) is 1. The van der Waals surface area contributed by atoms with Crippen LogP contribution in [0.25, 0.3) is 0 Å². The van der Waals surface area contributed by atoms with E-state index in [9.17, 15) is 0 Å². The summed E-state index contributed by atoms with van der Waals surface area (Å²) in [5.74, 6) is 0.852. The Labute approximate surface area is 192 Å². The Bertz CT molecular complexity index is 750. The van der Waals surface area contributed by atoms with Crippen molar-refractivity contribution in [2.45, 2.75) is 51.7 Å². The summed E-state index contributed by atoms with van der Waals surface area (Å²) < 4.78 is 2.08. The van der Waals surface area contributed by atoms with Gasteiger partial charge in [-0.1, -0.05) is 30.7 Å². The number of nitrogens with zero attached hydrogens (tertiary/aromatic N) is 4. The molecule has 0 atom stereocenters. The Kier molecular flexibility index (Phi) is 9.42. The molecule has 1 aliphatic heterocycles. The molecule has 29 heavy (non-hydrogen) atoms. The first-order valence-corrected chi connectivity index (χ1v) is 10.3. The van der Waals surface area contributed by atoms with Crippen molar-refractivity contribution in [1.29, 1.82) is 0 Å². The van der Waals surface area contributed by atoms with E-state index in [0.29, 0.717) is 0 Å². The van der Waals surface area contributed by atoms with Gasteiger partial charge in [-0.3, -0.25) is 9.89 Å². The molecule has 160 valence electrons. The fourth-order valence-corrected chi connectivity index (χ4v) is 3.75. The van der Waals surface area contributed by atoms with Gasteiger partial charge in [0.25, 0.3) is 0 Å². The minimum absolute atomic E-state index is 0. The standard InChI is InChI=1S/C22H34N6.HI/c1-22(2,28-11-5-4-6-12-28)17-26-21(23-3)25-15-19-8-7-9-20(14-19)16-27-13-10-24-18-27;/h7-10,13-14,18H,4-6,11-12,15-17H2,1-3H3,(H2,23,25,26);1H. The molecule has 0 aliphatic carbocycles. The van der Waals surface area contributed by atoms with E-state index >= 15 is 0 Å². The topological polar surface area (TPSA) is 57.5 Å². The van der Waals surface area contributed by atoms with Crippen molar-refractivity contribution in [3.05, 3.63) is 54.1 Å².